The van der Waals surface area contributed by atoms with Crippen molar-refractivity contribution in [3.05, 3.63) is 30.6 Å². The number of rotatable bonds is 6. The number of aromatic amines is 1. The zero-order valence-corrected chi connectivity index (χ0v) is 16.7. The first-order valence-electron chi connectivity index (χ1n) is 10.4. The van der Waals surface area contributed by atoms with Gasteiger partial charge in [-0.1, -0.05) is 12.8 Å². The molecule has 3 heterocycles. The van der Waals surface area contributed by atoms with Crippen molar-refractivity contribution in [2.75, 3.05) is 19.7 Å². The van der Waals surface area contributed by atoms with Crippen molar-refractivity contribution < 1.29 is 23.4 Å². The first-order chi connectivity index (χ1) is 14.4. The number of ether oxygens (including phenoxy) is 1. The number of H-pyrrole nitrogens is 1. The molecule has 1 amide bonds. The summed E-state index contributed by atoms with van der Waals surface area (Å²) < 4.78 is 35.3. The molecule has 0 radical (unpaired) electrons. The van der Waals surface area contributed by atoms with E-state index in [0.29, 0.717) is 31.6 Å². The van der Waals surface area contributed by atoms with Gasteiger partial charge in [0.25, 0.3) is 5.91 Å². The summed E-state index contributed by atoms with van der Waals surface area (Å²) in [5.74, 6) is -4.49. The van der Waals surface area contributed by atoms with E-state index >= 15 is 0 Å². The molecule has 1 saturated heterocycles. The second kappa shape index (κ2) is 8.29. The normalized spacial score (nSPS) is 21.6. The molecular formula is C21H26F2N4O3. The number of carbonyl (C=O) groups is 1. The van der Waals surface area contributed by atoms with Gasteiger partial charge in [-0.2, -0.15) is 13.9 Å². The molecule has 1 aliphatic heterocycles. The SMILES string of the molecule is O=C(N1CCC[C@@H](COc2ccc(-c3ccn[nH]3)nc2)C1)C(F)(F)C1(O)CCCC1. The van der Waals surface area contributed by atoms with Crippen molar-refractivity contribution >= 4 is 5.91 Å². The molecule has 0 bridgehead atoms. The van der Waals surface area contributed by atoms with Crippen LogP contribution in [0.25, 0.3) is 11.4 Å². The van der Waals surface area contributed by atoms with Crippen LogP contribution in [0.2, 0.25) is 0 Å². The van der Waals surface area contributed by atoms with Crippen LogP contribution < -0.4 is 4.74 Å². The van der Waals surface area contributed by atoms with Gasteiger partial charge in [0, 0.05) is 25.2 Å². The predicted molar refractivity (Wildman–Crippen MR) is 105 cm³/mol. The molecule has 162 valence electrons. The summed E-state index contributed by atoms with van der Waals surface area (Å²) in [6.45, 7) is 0.788. The molecule has 30 heavy (non-hydrogen) atoms. The third-order valence-corrected chi connectivity index (χ3v) is 6.09. The van der Waals surface area contributed by atoms with E-state index in [0.717, 1.165) is 17.8 Å². The van der Waals surface area contributed by atoms with Crippen molar-refractivity contribution in [1.82, 2.24) is 20.1 Å². The van der Waals surface area contributed by atoms with Crippen LogP contribution in [0.15, 0.2) is 30.6 Å². The summed E-state index contributed by atoms with van der Waals surface area (Å²) in [5, 5.41) is 17.0. The Bertz CT molecular complexity index is 852. The van der Waals surface area contributed by atoms with E-state index in [4.69, 9.17) is 4.74 Å². The van der Waals surface area contributed by atoms with Gasteiger partial charge in [0.05, 0.1) is 24.2 Å². The number of piperidine rings is 1. The van der Waals surface area contributed by atoms with Crippen molar-refractivity contribution in [1.29, 1.82) is 0 Å². The Morgan fingerprint density at radius 2 is 2.10 bits per heavy atom. The van der Waals surface area contributed by atoms with E-state index in [2.05, 4.69) is 15.2 Å². The van der Waals surface area contributed by atoms with Crippen molar-refractivity contribution in [3.63, 3.8) is 0 Å². The maximum Gasteiger partial charge on any atom is 0.352 e. The molecule has 2 aromatic rings. The lowest BCUT2D eigenvalue weighted by Crippen LogP contribution is -2.58. The largest absolute Gasteiger partial charge is 0.492 e. The average Bonchev–Trinajstić information content (AvgIpc) is 3.45. The number of aromatic nitrogens is 3. The Balaban J connectivity index is 1.33. The summed E-state index contributed by atoms with van der Waals surface area (Å²) in [7, 11) is 0. The highest BCUT2D eigenvalue weighted by molar-refractivity contribution is 5.85. The quantitative estimate of drug-likeness (QED) is 0.750. The number of likely N-dealkylation sites (tertiary alicyclic amines) is 1. The van der Waals surface area contributed by atoms with Crippen molar-refractivity contribution in [3.8, 4) is 17.1 Å². The first-order valence-corrected chi connectivity index (χ1v) is 10.4. The molecule has 7 nitrogen and oxygen atoms in total. The predicted octanol–water partition coefficient (Wildman–Crippen LogP) is 3.03. The molecular weight excluding hydrogens is 394 g/mol. The van der Waals surface area contributed by atoms with Gasteiger partial charge in [-0.05, 0) is 43.9 Å². The van der Waals surface area contributed by atoms with E-state index in [1.54, 1.807) is 18.5 Å². The van der Waals surface area contributed by atoms with E-state index in [1.165, 1.54) is 4.90 Å². The Labute approximate surface area is 173 Å². The zero-order valence-electron chi connectivity index (χ0n) is 16.7. The number of alkyl halides is 2. The van der Waals surface area contributed by atoms with Gasteiger partial charge < -0.3 is 14.7 Å². The third kappa shape index (κ3) is 4.03. The van der Waals surface area contributed by atoms with Crippen LogP contribution in [-0.2, 0) is 4.79 Å². The summed E-state index contributed by atoms with van der Waals surface area (Å²) in [6.07, 6.45) is 5.63. The minimum absolute atomic E-state index is 0.0341. The fourth-order valence-electron chi connectivity index (χ4n) is 4.29. The zero-order chi connectivity index (χ0) is 21.2. The van der Waals surface area contributed by atoms with Crippen molar-refractivity contribution in [2.24, 2.45) is 5.92 Å². The molecule has 1 atom stereocenters. The standard InChI is InChI=1S/C21H26F2N4O3/c22-21(23,20(29)8-1-2-9-20)19(28)27-11-3-4-15(13-27)14-30-16-5-6-17(24-12-16)18-7-10-25-26-18/h5-7,10,12,15,29H,1-4,8-9,11,13-14H2,(H,25,26)/t15-/m1/s1. The van der Waals surface area contributed by atoms with Gasteiger partial charge in [-0.3, -0.25) is 14.9 Å². The molecule has 2 aliphatic rings. The minimum Gasteiger partial charge on any atom is -0.492 e. The lowest BCUT2D eigenvalue weighted by molar-refractivity contribution is -0.201. The summed E-state index contributed by atoms with van der Waals surface area (Å²) in [5.41, 5.74) is -0.676. The molecule has 0 spiro atoms. The Morgan fingerprint density at radius 3 is 2.77 bits per heavy atom. The molecule has 1 saturated carbocycles. The number of nitrogens with zero attached hydrogens (tertiary/aromatic N) is 3. The smallest absolute Gasteiger partial charge is 0.352 e. The molecule has 0 aromatic carbocycles. The monoisotopic (exact) mass is 420 g/mol. The van der Waals surface area contributed by atoms with Crippen LogP contribution in [0.1, 0.15) is 38.5 Å². The molecule has 9 heteroatoms. The number of nitrogens with one attached hydrogen (secondary N) is 1. The Hall–Kier alpha value is -2.55. The molecule has 2 fully saturated rings. The number of hydrogen-bond acceptors (Lipinski definition) is 5. The fraction of sp³-hybridized carbons (Fsp3) is 0.571. The molecule has 0 unspecified atom stereocenters. The number of pyridine rings is 1. The van der Waals surface area contributed by atoms with Crippen LogP contribution in [-0.4, -0.2) is 62.3 Å². The van der Waals surface area contributed by atoms with Gasteiger partial charge in [-0.25, -0.2) is 0 Å². The average molecular weight is 420 g/mol. The number of amides is 1. The second-order valence-corrected chi connectivity index (χ2v) is 8.23. The maximum absolute atomic E-state index is 14.7. The van der Waals surface area contributed by atoms with Crippen molar-refractivity contribution in [2.45, 2.75) is 50.0 Å². The van der Waals surface area contributed by atoms with Gasteiger partial charge in [0.2, 0.25) is 0 Å². The number of carbonyl (C=O) groups excluding carboxylic acids is 1. The Morgan fingerprint density at radius 1 is 1.30 bits per heavy atom. The number of aliphatic hydroxyl groups is 1. The first kappa shape index (κ1) is 20.7. The van der Waals surface area contributed by atoms with Crippen LogP contribution in [0.3, 0.4) is 0 Å². The fourth-order valence-corrected chi connectivity index (χ4v) is 4.29. The van der Waals surface area contributed by atoms with E-state index < -0.39 is 17.4 Å². The highest BCUT2D eigenvalue weighted by Crippen LogP contribution is 2.43. The van der Waals surface area contributed by atoms with Crippen LogP contribution >= 0.6 is 0 Å². The second-order valence-electron chi connectivity index (χ2n) is 8.23. The lowest BCUT2D eigenvalue weighted by Gasteiger charge is -2.38. The highest BCUT2D eigenvalue weighted by atomic mass is 19.3. The maximum atomic E-state index is 14.7. The molecule has 2 N–H and O–H groups in total. The third-order valence-electron chi connectivity index (χ3n) is 6.09. The highest BCUT2D eigenvalue weighted by Gasteiger charge is 2.60. The van der Waals surface area contributed by atoms with Gasteiger partial charge in [0.1, 0.15) is 11.4 Å². The van der Waals surface area contributed by atoms with Gasteiger partial charge in [0.15, 0.2) is 0 Å². The summed E-state index contributed by atoms with van der Waals surface area (Å²) in [4.78, 5) is 18.1. The van der Waals surface area contributed by atoms with E-state index in [1.807, 2.05) is 12.1 Å². The Kier molecular flexibility index (Phi) is 5.73. The van der Waals surface area contributed by atoms with E-state index in [9.17, 15) is 18.7 Å². The number of hydrogen-bond donors (Lipinski definition) is 2. The van der Waals surface area contributed by atoms with Crippen LogP contribution in [0, 0.1) is 5.92 Å². The van der Waals surface area contributed by atoms with Gasteiger partial charge in [-0.15, -0.1) is 0 Å². The molecule has 1 aliphatic carbocycles. The van der Waals surface area contributed by atoms with Crippen LogP contribution in [0.4, 0.5) is 8.78 Å². The lowest BCUT2D eigenvalue weighted by atomic mass is 9.91. The number of halogens is 2. The van der Waals surface area contributed by atoms with Gasteiger partial charge >= 0.3 is 5.92 Å². The van der Waals surface area contributed by atoms with Crippen LogP contribution in [0.5, 0.6) is 5.75 Å². The topological polar surface area (TPSA) is 91.3 Å². The molecule has 4 rings (SSSR count). The molecule has 2 aromatic heterocycles. The minimum atomic E-state index is -3.75. The summed E-state index contributed by atoms with van der Waals surface area (Å²) in [6, 6.07) is 5.41. The van der Waals surface area contributed by atoms with E-state index in [-0.39, 0.29) is 31.8 Å². The summed E-state index contributed by atoms with van der Waals surface area (Å²) >= 11 is 0.